The Balaban J connectivity index is 2.11. The normalized spacial score (nSPS) is 18.0. The number of ether oxygens (including phenoxy) is 2. The Hall–Kier alpha value is -1.10. The quantitative estimate of drug-likeness (QED) is 0.842. The number of nitrogens with zero attached hydrogens (tertiary/aromatic N) is 1. The maximum Gasteiger partial charge on any atom is 0.123 e. The molecule has 1 aromatic carbocycles. The van der Waals surface area contributed by atoms with Crippen LogP contribution in [-0.4, -0.2) is 44.4 Å². The topological polar surface area (TPSA) is 47.7 Å². The summed E-state index contributed by atoms with van der Waals surface area (Å²) in [6.45, 7) is 3.74. The van der Waals surface area contributed by atoms with Gasteiger partial charge in [-0.3, -0.25) is 4.90 Å². The van der Waals surface area contributed by atoms with Crippen molar-refractivity contribution in [2.75, 3.05) is 33.4 Å². The van der Waals surface area contributed by atoms with E-state index < -0.39 is 0 Å². The summed E-state index contributed by atoms with van der Waals surface area (Å²) in [5.41, 5.74) is 7.02. The fourth-order valence-corrected chi connectivity index (χ4v) is 2.17. The monoisotopic (exact) mass is 236 g/mol. The molecule has 1 atom stereocenters. The average molecular weight is 236 g/mol. The Labute approximate surface area is 102 Å². The highest BCUT2D eigenvalue weighted by molar-refractivity contribution is 5.33. The number of hydrogen-bond acceptors (Lipinski definition) is 4. The van der Waals surface area contributed by atoms with Gasteiger partial charge >= 0.3 is 0 Å². The van der Waals surface area contributed by atoms with Gasteiger partial charge in [0.15, 0.2) is 0 Å². The van der Waals surface area contributed by atoms with E-state index in [0.717, 1.165) is 18.8 Å². The van der Waals surface area contributed by atoms with E-state index in [1.807, 2.05) is 18.2 Å². The first-order valence-corrected chi connectivity index (χ1v) is 5.99. The largest absolute Gasteiger partial charge is 0.492 e. The predicted molar refractivity (Wildman–Crippen MR) is 67.1 cm³/mol. The van der Waals surface area contributed by atoms with E-state index in [0.29, 0.717) is 19.8 Å². The zero-order valence-electron chi connectivity index (χ0n) is 10.3. The van der Waals surface area contributed by atoms with E-state index in [9.17, 15) is 0 Å². The first-order valence-electron chi connectivity index (χ1n) is 5.99. The third kappa shape index (κ3) is 2.97. The zero-order chi connectivity index (χ0) is 12.1. The molecule has 2 N–H and O–H groups in total. The van der Waals surface area contributed by atoms with Crippen LogP contribution >= 0.6 is 0 Å². The Morgan fingerprint density at radius 3 is 3.06 bits per heavy atom. The summed E-state index contributed by atoms with van der Waals surface area (Å²) in [5, 5.41) is 0. The van der Waals surface area contributed by atoms with E-state index in [-0.39, 0.29) is 6.04 Å². The summed E-state index contributed by atoms with van der Waals surface area (Å²) in [7, 11) is 1.71. The summed E-state index contributed by atoms with van der Waals surface area (Å²) < 4.78 is 10.9. The molecule has 0 spiro atoms. The van der Waals surface area contributed by atoms with Gasteiger partial charge in [0, 0.05) is 38.3 Å². The minimum absolute atomic E-state index is 0.259. The average Bonchev–Trinajstić information content (AvgIpc) is 2.57. The van der Waals surface area contributed by atoms with Gasteiger partial charge in [-0.15, -0.1) is 0 Å². The maximum atomic E-state index is 5.80. The highest BCUT2D eigenvalue weighted by Crippen LogP contribution is 2.23. The molecule has 4 heteroatoms. The molecule has 0 fully saturated rings. The van der Waals surface area contributed by atoms with Crippen molar-refractivity contribution in [1.82, 2.24) is 4.90 Å². The van der Waals surface area contributed by atoms with Crippen molar-refractivity contribution in [3.8, 4) is 5.75 Å². The van der Waals surface area contributed by atoms with Crippen molar-refractivity contribution >= 4 is 0 Å². The predicted octanol–water partition coefficient (Wildman–Crippen LogP) is 0.855. The summed E-state index contributed by atoms with van der Waals surface area (Å²) in [5.74, 6) is 0.989. The molecule has 0 saturated heterocycles. The van der Waals surface area contributed by atoms with Crippen LogP contribution in [0.15, 0.2) is 24.3 Å². The van der Waals surface area contributed by atoms with E-state index in [2.05, 4.69) is 11.0 Å². The van der Waals surface area contributed by atoms with Crippen molar-refractivity contribution < 1.29 is 9.47 Å². The third-order valence-corrected chi connectivity index (χ3v) is 3.13. The Kier molecular flexibility index (Phi) is 4.36. The fraction of sp³-hybridized carbons (Fsp3) is 0.538. The van der Waals surface area contributed by atoms with Crippen molar-refractivity contribution in [2.45, 2.75) is 12.6 Å². The molecular formula is C13H20N2O2. The van der Waals surface area contributed by atoms with Crippen molar-refractivity contribution in [3.63, 3.8) is 0 Å². The van der Waals surface area contributed by atoms with Gasteiger partial charge in [0.25, 0.3) is 0 Å². The molecule has 1 heterocycles. The van der Waals surface area contributed by atoms with E-state index in [1.54, 1.807) is 7.11 Å². The molecule has 0 bridgehead atoms. The Bertz CT molecular complexity index is 357. The van der Waals surface area contributed by atoms with Gasteiger partial charge in [-0.05, 0) is 6.07 Å². The summed E-state index contributed by atoms with van der Waals surface area (Å²) in [6, 6.07) is 8.43. The summed E-state index contributed by atoms with van der Waals surface area (Å²) in [4.78, 5) is 2.33. The molecule has 1 unspecified atom stereocenters. The molecule has 94 valence electrons. The van der Waals surface area contributed by atoms with Gasteiger partial charge < -0.3 is 15.2 Å². The van der Waals surface area contributed by atoms with Gasteiger partial charge in [0.1, 0.15) is 12.4 Å². The first-order chi connectivity index (χ1) is 8.35. The fourth-order valence-electron chi connectivity index (χ4n) is 2.17. The van der Waals surface area contributed by atoms with Crippen LogP contribution in [0.4, 0.5) is 0 Å². The number of nitrogens with two attached hydrogens (primary N) is 1. The molecule has 17 heavy (non-hydrogen) atoms. The Morgan fingerprint density at radius 1 is 1.47 bits per heavy atom. The smallest absolute Gasteiger partial charge is 0.123 e. The number of benzene rings is 1. The van der Waals surface area contributed by atoms with Gasteiger partial charge in [-0.2, -0.15) is 0 Å². The van der Waals surface area contributed by atoms with Crippen LogP contribution in [0.25, 0.3) is 0 Å². The Morgan fingerprint density at radius 2 is 2.29 bits per heavy atom. The number of rotatable bonds is 4. The molecule has 0 aromatic heterocycles. The molecule has 2 rings (SSSR count). The molecule has 0 amide bonds. The number of methoxy groups -OCH3 is 1. The van der Waals surface area contributed by atoms with Crippen LogP contribution in [0.2, 0.25) is 0 Å². The lowest BCUT2D eigenvalue weighted by molar-refractivity contribution is 0.0849. The van der Waals surface area contributed by atoms with Crippen LogP contribution in [0.3, 0.4) is 0 Å². The molecule has 0 aliphatic carbocycles. The standard InChI is InChI=1S/C13H20N2O2/c1-16-10-12(8-14)15-6-7-17-13-5-3-2-4-11(13)9-15/h2-5,12H,6-10,14H2,1H3. The third-order valence-electron chi connectivity index (χ3n) is 3.13. The van der Waals surface area contributed by atoms with E-state index in [4.69, 9.17) is 15.2 Å². The van der Waals surface area contributed by atoms with Crippen LogP contribution in [0.5, 0.6) is 5.75 Å². The van der Waals surface area contributed by atoms with E-state index in [1.165, 1.54) is 5.56 Å². The number of hydrogen-bond donors (Lipinski definition) is 1. The molecule has 4 nitrogen and oxygen atoms in total. The SMILES string of the molecule is COCC(CN)N1CCOc2ccccc2C1. The molecule has 0 radical (unpaired) electrons. The number of fused-ring (bicyclic) bond motifs is 1. The zero-order valence-corrected chi connectivity index (χ0v) is 10.3. The second kappa shape index (κ2) is 6.00. The maximum absolute atomic E-state index is 5.80. The van der Waals surface area contributed by atoms with Crippen molar-refractivity contribution in [3.05, 3.63) is 29.8 Å². The lowest BCUT2D eigenvalue weighted by Crippen LogP contribution is -2.44. The molecule has 1 aliphatic heterocycles. The second-order valence-electron chi connectivity index (χ2n) is 4.27. The van der Waals surface area contributed by atoms with Crippen molar-refractivity contribution in [2.24, 2.45) is 5.73 Å². The van der Waals surface area contributed by atoms with Gasteiger partial charge in [0.05, 0.1) is 6.61 Å². The van der Waals surface area contributed by atoms with E-state index >= 15 is 0 Å². The molecule has 0 saturated carbocycles. The minimum Gasteiger partial charge on any atom is -0.492 e. The summed E-state index contributed by atoms with van der Waals surface area (Å²) in [6.07, 6.45) is 0. The van der Waals surface area contributed by atoms with Gasteiger partial charge in [-0.25, -0.2) is 0 Å². The number of para-hydroxylation sites is 1. The lowest BCUT2D eigenvalue weighted by Gasteiger charge is -2.28. The van der Waals surface area contributed by atoms with Crippen LogP contribution in [-0.2, 0) is 11.3 Å². The molecule has 1 aliphatic rings. The minimum atomic E-state index is 0.259. The second-order valence-corrected chi connectivity index (χ2v) is 4.27. The summed E-state index contributed by atoms with van der Waals surface area (Å²) >= 11 is 0. The highest BCUT2D eigenvalue weighted by Gasteiger charge is 2.21. The van der Waals surface area contributed by atoms with Crippen LogP contribution < -0.4 is 10.5 Å². The first kappa shape index (κ1) is 12.4. The van der Waals surface area contributed by atoms with Gasteiger partial charge in [0.2, 0.25) is 0 Å². The lowest BCUT2D eigenvalue weighted by atomic mass is 10.1. The van der Waals surface area contributed by atoms with Crippen LogP contribution in [0.1, 0.15) is 5.56 Å². The van der Waals surface area contributed by atoms with Gasteiger partial charge in [-0.1, -0.05) is 18.2 Å². The van der Waals surface area contributed by atoms with Crippen LogP contribution in [0, 0.1) is 0 Å². The molecular weight excluding hydrogens is 216 g/mol. The molecule has 1 aromatic rings. The highest BCUT2D eigenvalue weighted by atomic mass is 16.5. The van der Waals surface area contributed by atoms with Crippen molar-refractivity contribution in [1.29, 1.82) is 0 Å².